The lowest BCUT2D eigenvalue weighted by atomic mass is 9.97. The Balaban J connectivity index is 1.55. The molecular weight excluding hydrogens is 560 g/mol. The quantitative estimate of drug-likeness (QED) is 0.212. The van der Waals surface area contributed by atoms with Crippen LogP contribution in [0.5, 0.6) is 5.75 Å². The number of ether oxygens (including phenoxy) is 1. The van der Waals surface area contributed by atoms with Crippen molar-refractivity contribution in [2.75, 3.05) is 17.8 Å². The van der Waals surface area contributed by atoms with Gasteiger partial charge < -0.3 is 19.2 Å². The summed E-state index contributed by atoms with van der Waals surface area (Å²) in [7, 11) is -1.69. The zero-order valence-corrected chi connectivity index (χ0v) is 23.9. The first kappa shape index (κ1) is 27.7. The molecule has 6 rings (SSSR count). The summed E-state index contributed by atoms with van der Waals surface area (Å²) in [6.45, 7) is 0.400. The third-order valence-corrected chi connectivity index (χ3v) is 8.41. The number of hydrogen-bond acceptors (Lipinski definition) is 5. The fourth-order valence-corrected chi connectivity index (χ4v) is 6.59. The van der Waals surface area contributed by atoms with Crippen LogP contribution in [0.4, 0.5) is 20.2 Å². The number of fused-ring (bicyclic) bond motifs is 2. The van der Waals surface area contributed by atoms with Crippen LogP contribution >= 0.6 is 0 Å². The molecule has 0 spiro atoms. The van der Waals surface area contributed by atoms with Crippen LogP contribution < -0.4 is 15.2 Å². The van der Waals surface area contributed by atoms with Crippen molar-refractivity contribution in [1.29, 1.82) is 0 Å². The number of aromatic amines is 1. The second-order valence-electron chi connectivity index (χ2n) is 10.7. The zero-order chi connectivity index (χ0) is 29.6. The van der Waals surface area contributed by atoms with Gasteiger partial charge in [-0.1, -0.05) is 24.3 Å². The molecule has 1 atom stereocenters. The lowest BCUT2D eigenvalue weighted by molar-refractivity contribution is 0.301. The Labute approximate surface area is 241 Å². The average Bonchev–Trinajstić information content (AvgIpc) is 3.34. The van der Waals surface area contributed by atoms with Crippen LogP contribution in [0.15, 0.2) is 83.9 Å². The lowest BCUT2D eigenvalue weighted by Gasteiger charge is -2.34. The Morgan fingerprint density at radius 3 is 2.48 bits per heavy atom. The first-order chi connectivity index (χ1) is 20.1. The average molecular weight is 590 g/mol. The third kappa shape index (κ3) is 5.18. The van der Waals surface area contributed by atoms with Gasteiger partial charge in [-0.15, -0.1) is 0 Å². The molecule has 0 aliphatic carbocycles. The van der Waals surface area contributed by atoms with Crippen LogP contribution in [0.2, 0.25) is 0 Å². The monoisotopic (exact) mass is 589 g/mol. The molecule has 0 radical (unpaired) electrons. The van der Waals surface area contributed by atoms with E-state index in [0.29, 0.717) is 52.7 Å². The maximum atomic E-state index is 15.6. The molecule has 3 heterocycles. The molecule has 0 saturated heterocycles. The van der Waals surface area contributed by atoms with Crippen molar-refractivity contribution in [2.45, 2.75) is 24.6 Å². The second kappa shape index (κ2) is 10.8. The minimum Gasteiger partial charge on any atom is -0.494 e. The molecule has 216 valence electrons. The second-order valence-corrected chi connectivity index (χ2v) is 12.8. The van der Waals surface area contributed by atoms with Gasteiger partial charge in [0, 0.05) is 59.5 Å². The third-order valence-electron chi connectivity index (χ3n) is 7.55. The minimum atomic E-state index is -3.35. The van der Waals surface area contributed by atoms with E-state index in [-0.39, 0.29) is 17.0 Å². The number of H-pyrrole nitrogens is 1. The SMILES string of the molecule is Cn1cc2c3c(c[nH]c3c1=O)[C@H](CCCOc1ccccc1)N(c1ccc(F)cc1F)c1ccc(CS(C)(=O)=O)cc1-2. The van der Waals surface area contributed by atoms with E-state index in [2.05, 4.69) is 4.98 Å². The Kier molecular flexibility index (Phi) is 7.10. The van der Waals surface area contributed by atoms with E-state index in [1.54, 1.807) is 37.6 Å². The number of aromatic nitrogens is 2. The summed E-state index contributed by atoms with van der Waals surface area (Å²) in [4.78, 5) is 18.2. The minimum absolute atomic E-state index is 0.163. The van der Waals surface area contributed by atoms with Crippen molar-refractivity contribution < 1.29 is 21.9 Å². The maximum absolute atomic E-state index is 15.6. The largest absolute Gasteiger partial charge is 0.494 e. The van der Waals surface area contributed by atoms with Gasteiger partial charge in [0.1, 0.15) is 22.9 Å². The summed E-state index contributed by atoms with van der Waals surface area (Å²) in [6.07, 6.45) is 5.77. The molecule has 1 N–H and O–H groups in total. The molecule has 0 amide bonds. The number of para-hydroxylation sites is 1. The first-order valence-corrected chi connectivity index (χ1v) is 15.6. The highest BCUT2D eigenvalue weighted by molar-refractivity contribution is 7.89. The van der Waals surface area contributed by atoms with Gasteiger partial charge in [-0.25, -0.2) is 17.2 Å². The smallest absolute Gasteiger partial charge is 0.274 e. The topological polar surface area (TPSA) is 84.4 Å². The molecule has 2 aromatic heterocycles. The molecule has 7 nitrogen and oxygen atoms in total. The number of halogens is 2. The maximum Gasteiger partial charge on any atom is 0.274 e. The number of nitrogens with zero attached hydrogens (tertiary/aromatic N) is 2. The molecule has 42 heavy (non-hydrogen) atoms. The number of hydrogen-bond donors (Lipinski definition) is 1. The van der Waals surface area contributed by atoms with Crippen LogP contribution in [0.25, 0.3) is 22.0 Å². The lowest BCUT2D eigenvalue weighted by Crippen LogP contribution is -2.25. The van der Waals surface area contributed by atoms with E-state index < -0.39 is 27.5 Å². The van der Waals surface area contributed by atoms with Crippen molar-refractivity contribution >= 4 is 32.1 Å². The van der Waals surface area contributed by atoms with Crippen molar-refractivity contribution in [2.24, 2.45) is 7.05 Å². The number of benzene rings is 3. The molecule has 0 fully saturated rings. The molecule has 3 aromatic carbocycles. The van der Waals surface area contributed by atoms with Gasteiger partial charge in [0.05, 0.1) is 24.1 Å². The predicted octanol–water partition coefficient (Wildman–Crippen LogP) is 6.41. The highest BCUT2D eigenvalue weighted by atomic mass is 32.2. The summed E-state index contributed by atoms with van der Waals surface area (Å²) >= 11 is 0. The molecule has 0 bridgehead atoms. The van der Waals surface area contributed by atoms with Crippen molar-refractivity contribution in [3.8, 4) is 16.9 Å². The molecular formula is C32H29F2N3O4S. The number of nitrogens with one attached hydrogen (secondary N) is 1. The Hall–Kier alpha value is -4.44. The van der Waals surface area contributed by atoms with E-state index in [1.807, 2.05) is 35.2 Å². The van der Waals surface area contributed by atoms with E-state index >= 15 is 4.39 Å². The molecule has 0 unspecified atom stereocenters. The first-order valence-electron chi connectivity index (χ1n) is 13.5. The summed E-state index contributed by atoms with van der Waals surface area (Å²) in [5, 5.41) is 0.690. The molecule has 5 aromatic rings. The van der Waals surface area contributed by atoms with Gasteiger partial charge in [-0.3, -0.25) is 4.79 Å². The fraction of sp³-hybridized carbons (Fsp3) is 0.219. The molecule has 0 saturated carbocycles. The molecule has 10 heteroatoms. The Morgan fingerprint density at radius 2 is 1.74 bits per heavy atom. The van der Waals surface area contributed by atoms with E-state index in [0.717, 1.165) is 17.4 Å². The fourth-order valence-electron chi connectivity index (χ4n) is 5.81. The predicted molar refractivity (Wildman–Crippen MR) is 160 cm³/mol. The van der Waals surface area contributed by atoms with Crippen molar-refractivity contribution in [3.63, 3.8) is 0 Å². The van der Waals surface area contributed by atoms with Crippen LogP contribution in [0.3, 0.4) is 0 Å². The summed E-state index contributed by atoms with van der Waals surface area (Å²) in [5.41, 5.74) is 3.65. The van der Waals surface area contributed by atoms with Gasteiger partial charge in [0.15, 0.2) is 9.84 Å². The standard InChI is InChI=1S/C32H29F2N3O4S/c1-36-18-25-23-15-20(19-42(2,39)40)10-12-28(23)37(29-13-11-21(33)16-26(29)34)27(24-17-35-31(30(24)25)32(36)38)9-6-14-41-22-7-4-3-5-8-22/h3-5,7-8,10-13,15-18,27,35H,6,9,14,19H2,1-2H3/t27-/m0/s1. The number of rotatable bonds is 8. The van der Waals surface area contributed by atoms with Crippen LogP contribution in [-0.2, 0) is 22.6 Å². The highest BCUT2D eigenvalue weighted by Crippen LogP contribution is 2.50. The summed E-state index contributed by atoms with van der Waals surface area (Å²) in [6, 6.07) is 17.7. The van der Waals surface area contributed by atoms with Crippen molar-refractivity contribution in [1.82, 2.24) is 9.55 Å². The van der Waals surface area contributed by atoms with Gasteiger partial charge in [0.2, 0.25) is 0 Å². The highest BCUT2D eigenvalue weighted by Gasteiger charge is 2.34. The van der Waals surface area contributed by atoms with E-state index in [1.165, 1.54) is 23.0 Å². The normalized spacial score (nSPS) is 14.6. The molecule has 1 aliphatic rings. The zero-order valence-electron chi connectivity index (χ0n) is 23.1. The molecule has 1 aliphatic heterocycles. The van der Waals surface area contributed by atoms with Crippen LogP contribution in [-0.4, -0.2) is 30.8 Å². The van der Waals surface area contributed by atoms with Crippen molar-refractivity contribution in [3.05, 3.63) is 112 Å². The number of anilines is 2. The number of aryl methyl sites for hydroxylation is 1. The van der Waals surface area contributed by atoms with Gasteiger partial charge in [-0.2, -0.15) is 0 Å². The van der Waals surface area contributed by atoms with Crippen LogP contribution in [0.1, 0.15) is 30.0 Å². The summed E-state index contributed by atoms with van der Waals surface area (Å²) in [5.74, 6) is -0.876. The van der Waals surface area contributed by atoms with Gasteiger partial charge in [-0.05, 0) is 54.8 Å². The number of pyridine rings is 1. The Morgan fingerprint density at radius 1 is 0.976 bits per heavy atom. The van der Waals surface area contributed by atoms with E-state index in [9.17, 15) is 17.6 Å². The van der Waals surface area contributed by atoms with Crippen LogP contribution in [0, 0.1) is 11.6 Å². The summed E-state index contributed by atoms with van der Waals surface area (Å²) < 4.78 is 61.4. The van der Waals surface area contributed by atoms with Gasteiger partial charge in [0.25, 0.3) is 5.56 Å². The Bertz CT molecular complexity index is 1970. The van der Waals surface area contributed by atoms with Gasteiger partial charge >= 0.3 is 0 Å². The van der Waals surface area contributed by atoms with E-state index in [4.69, 9.17) is 4.74 Å². The number of sulfone groups is 1.